The largest absolute Gasteiger partial charge is 0.445 e. The smallest absolute Gasteiger partial charge is 0.410 e. The average Bonchev–Trinajstić information content (AvgIpc) is 2.99. The fraction of sp³-hybridized carbons (Fsp3) is 0.400. The fourth-order valence-electron chi connectivity index (χ4n) is 2.66. The van der Waals surface area contributed by atoms with E-state index >= 15 is 0 Å². The van der Waals surface area contributed by atoms with Crippen molar-refractivity contribution in [3.63, 3.8) is 0 Å². The van der Waals surface area contributed by atoms with Crippen LogP contribution < -0.4 is 0 Å². The van der Waals surface area contributed by atoms with E-state index in [-0.39, 0.29) is 11.5 Å². The number of piperidine rings is 1. The summed E-state index contributed by atoms with van der Waals surface area (Å²) in [5.74, 6) is 3.32. The third-order valence-corrected chi connectivity index (χ3v) is 3.90. The van der Waals surface area contributed by atoms with E-state index in [2.05, 4.69) is 5.92 Å². The second-order valence-electron chi connectivity index (χ2n) is 5.12. The molecule has 1 heterocycles. The number of terminal acetylenes is 1. The number of fused-ring (bicyclic) bond motifs is 1. The number of amides is 1. The second kappa shape index (κ2) is 4.06. The number of hydrogen-bond donors (Lipinski definition) is 0. The van der Waals surface area contributed by atoms with Crippen molar-refractivity contribution >= 4 is 6.09 Å². The zero-order valence-corrected chi connectivity index (χ0v) is 10.1. The normalized spacial score (nSPS) is 28.4. The van der Waals surface area contributed by atoms with E-state index in [0.29, 0.717) is 19.1 Å². The number of nitrogens with zero attached hydrogens (tertiary/aromatic N) is 1. The van der Waals surface area contributed by atoms with Gasteiger partial charge in [0.2, 0.25) is 0 Å². The van der Waals surface area contributed by atoms with Gasteiger partial charge < -0.3 is 9.64 Å². The Balaban J connectivity index is 1.53. The standard InChI is InChI=1S/C15H15NO2/c1-2-15-8-13(15)9-16(11-15)14(17)18-10-12-6-4-3-5-7-12/h1,3-7,13H,8-11H2/t13?,15-/m0/s1. The maximum atomic E-state index is 11.9. The van der Waals surface area contributed by atoms with Crippen LogP contribution in [0.5, 0.6) is 0 Å². The molecule has 1 saturated carbocycles. The average molecular weight is 241 g/mol. The number of rotatable bonds is 2. The Hall–Kier alpha value is -1.95. The summed E-state index contributed by atoms with van der Waals surface area (Å²) in [4.78, 5) is 13.6. The Labute approximate surface area is 107 Å². The van der Waals surface area contributed by atoms with Crippen LogP contribution in [0.2, 0.25) is 0 Å². The lowest BCUT2D eigenvalue weighted by atomic mass is 10.1. The highest BCUT2D eigenvalue weighted by Crippen LogP contribution is 2.57. The molecule has 3 heteroatoms. The summed E-state index contributed by atoms with van der Waals surface area (Å²) in [5.41, 5.74) is 0.966. The molecule has 3 nitrogen and oxygen atoms in total. The molecule has 0 N–H and O–H groups in total. The zero-order chi connectivity index (χ0) is 12.6. The van der Waals surface area contributed by atoms with Crippen molar-refractivity contribution in [1.82, 2.24) is 4.90 Å². The van der Waals surface area contributed by atoms with Crippen molar-refractivity contribution in [3.05, 3.63) is 35.9 Å². The molecular weight excluding hydrogens is 226 g/mol. The monoisotopic (exact) mass is 241 g/mol. The van der Waals surface area contributed by atoms with Crippen molar-refractivity contribution in [3.8, 4) is 12.3 Å². The summed E-state index contributed by atoms with van der Waals surface area (Å²) in [6, 6.07) is 9.69. The van der Waals surface area contributed by atoms with Gasteiger partial charge in [0.05, 0.1) is 5.41 Å². The van der Waals surface area contributed by atoms with Crippen LogP contribution in [0.15, 0.2) is 30.3 Å². The highest BCUT2D eigenvalue weighted by atomic mass is 16.6. The third kappa shape index (κ3) is 1.84. The van der Waals surface area contributed by atoms with Gasteiger partial charge in [-0.2, -0.15) is 0 Å². The van der Waals surface area contributed by atoms with E-state index in [0.717, 1.165) is 18.5 Å². The molecule has 1 saturated heterocycles. The van der Waals surface area contributed by atoms with Gasteiger partial charge in [0.15, 0.2) is 0 Å². The van der Waals surface area contributed by atoms with Gasteiger partial charge in [0.25, 0.3) is 0 Å². The van der Waals surface area contributed by atoms with Crippen LogP contribution in [0.4, 0.5) is 4.79 Å². The van der Waals surface area contributed by atoms with Crippen LogP contribution in [-0.4, -0.2) is 24.1 Å². The van der Waals surface area contributed by atoms with E-state index in [1.165, 1.54) is 0 Å². The minimum absolute atomic E-state index is 0.0359. The number of hydrogen-bond acceptors (Lipinski definition) is 2. The summed E-state index contributed by atoms with van der Waals surface area (Å²) >= 11 is 0. The van der Waals surface area contributed by atoms with Gasteiger partial charge in [-0.1, -0.05) is 36.3 Å². The van der Waals surface area contributed by atoms with E-state index in [9.17, 15) is 4.79 Å². The first-order chi connectivity index (χ1) is 8.73. The highest BCUT2D eigenvalue weighted by molar-refractivity contribution is 5.69. The molecule has 1 aromatic rings. The topological polar surface area (TPSA) is 29.5 Å². The first-order valence-corrected chi connectivity index (χ1v) is 6.17. The Kier molecular flexibility index (Phi) is 2.52. The fourth-order valence-corrected chi connectivity index (χ4v) is 2.66. The lowest BCUT2D eigenvalue weighted by molar-refractivity contribution is 0.0993. The molecule has 92 valence electrons. The maximum Gasteiger partial charge on any atom is 0.410 e. The van der Waals surface area contributed by atoms with Gasteiger partial charge in [-0.3, -0.25) is 0 Å². The van der Waals surface area contributed by atoms with Crippen molar-refractivity contribution in [2.75, 3.05) is 13.1 Å². The highest BCUT2D eigenvalue weighted by Gasteiger charge is 2.60. The van der Waals surface area contributed by atoms with Gasteiger partial charge in [0, 0.05) is 13.1 Å². The molecule has 0 spiro atoms. The van der Waals surface area contributed by atoms with Crippen molar-refractivity contribution in [2.45, 2.75) is 13.0 Å². The number of likely N-dealkylation sites (tertiary alicyclic amines) is 1. The minimum atomic E-state index is -0.249. The summed E-state index contributed by atoms with van der Waals surface area (Å²) in [6.07, 6.45) is 6.32. The Bertz CT molecular complexity index is 505. The first kappa shape index (κ1) is 11.2. The summed E-state index contributed by atoms with van der Waals surface area (Å²) in [6.45, 7) is 1.73. The van der Waals surface area contributed by atoms with Crippen LogP contribution in [0.1, 0.15) is 12.0 Å². The molecule has 2 fully saturated rings. The number of carbonyl (C=O) groups excluding carboxylic acids is 1. The molecule has 1 aliphatic heterocycles. The second-order valence-corrected chi connectivity index (χ2v) is 5.12. The lowest BCUT2D eigenvalue weighted by Gasteiger charge is -2.18. The van der Waals surface area contributed by atoms with E-state index in [4.69, 9.17) is 11.2 Å². The molecule has 1 aromatic carbocycles. The maximum absolute atomic E-state index is 11.9. The Morgan fingerprint density at radius 3 is 2.94 bits per heavy atom. The first-order valence-electron chi connectivity index (χ1n) is 6.17. The van der Waals surface area contributed by atoms with E-state index in [1.807, 2.05) is 30.3 Å². The van der Waals surface area contributed by atoms with E-state index in [1.54, 1.807) is 4.90 Å². The lowest BCUT2D eigenvalue weighted by Crippen LogP contribution is -2.32. The van der Waals surface area contributed by atoms with Crippen LogP contribution in [0.3, 0.4) is 0 Å². The molecule has 2 atom stereocenters. The van der Waals surface area contributed by atoms with Crippen LogP contribution in [0.25, 0.3) is 0 Å². The molecule has 1 unspecified atom stereocenters. The summed E-state index contributed by atoms with van der Waals surface area (Å²) in [5, 5.41) is 0. The number of ether oxygens (including phenoxy) is 1. The molecule has 1 aliphatic carbocycles. The molecule has 3 rings (SSSR count). The molecule has 0 bridgehead atoms. The van der Waals surface area contributed by atoms with Crippen molar-refractivity contribution in [1.29, 1.82) is 0 Å². The molecule has 1 amide bonds. The molecule has 0 aromatic heterocycles. The summed E-state index contributed by atoms with van der Waals surface area (Å²) < 4.78 is 5.29. The quantitative estimate of drug-likeness (QED) is 0.743. The predicted octanol–water partition coefficient (Wildman–Crippen LogP) is 2.28. The minimum Gasteiger partial charge on any atom is -0.445 e. The van der Waals surface area contributed by atoms with Crippen molar-refractivity contribution in [2.24, 2.45) is 11.3 Å². The molecular formula is C15H15NO2. The molecule has 18 heavy (non-hydrogen) atoms. The van der Waals surface area contributed by atoms with Gasteiger partial charge in [0.1, 0.15) is 6.61 Å². The SMILES string of the molecule is C#C[C@@]12CC1CN(C(=O)OCc1ccccc1)C2. The van der Waals surface area contributed by atoms with Gasteiger partial charge in [-0.25, -0.2) is 4.79 Å². The summed E-state index contributed by atoms with van der Waals surface area (Å²) in [7, 11) is 0. The van der Waals surface area contributed by atoms with Gasteiger partial charge in [-0.15, -0.1) is 6.42 Å². The molecule has 0 radical (unpaired) electrons. The number of benzene rings is 1. The third-order valence-electron chi connectivity index (χ3n) is 3.90. The van der Waals surface area contributed by atoms with Crippen LogP contribution in [-0.2, 0) is 11.3 Å². The predicted molar refractivity (Wildman–Crippen MR) is 67.6 cm³/mol. The Morgan fingerprint density at radius 1 is 1.50 bits per heavy atom. The molecule has 2 aliphatic rings. The number of carbonyl (C=O) groups is 1. The Morgan fingerprint density at radius 2 is 2.28 bits per heavy atom. The van der Waals surface area contributed by atoms with E-state index < -0.39 is 0 Å². The zero-order valence-electron chi connectivity index (χ0n) is 10.1. The van der Waals surface area contributed by atoms with Crippen LogP contribution >= 0.6 is 0 Å². The van der Waals surface area contributed by atoms with Crippen molar-refractivity contribution < 1.29 is 9.53 Å². The van der Waals surface area contributed by atoms with Gasteiger partial charge in [-0.05, 0) is 17.9 Å². The van der Waals surface area contributed by atoms with Gasteiger partial charge >= 0.3 is 6.09 Å². The van der Waals surface area contributed by atoms with Crippen LogP contribution in [0, 0.1) is 23.7 Å².